The molecule has 0 aliphatic carbocycles. The van der Waals surface area contributed by atoms with Gasteiger partial charge >= 0.3 is 0 Å². The van der Waals surface area contributed by atoms with Crippen LogP contribution in [0, 0.1) is 11.6 Å². The number of amides is 1. The van der Waals surface area contributed by atoms with E-state index in [1.165, 1.54) is 6.07 Å². The zero-order chi connectivity index (χ0) is 22.4. The molecule has 12 heteroatoms. The minimum atomic E-state index is -0.860. The fourth-order valence-electron chi connectivity index (χ4n) is 2.40. The van der Waals surface area contributed by atoms with Crippen molar-refractivity contribution in [2.45, 2.75) is 5.16 Å². The highest BCUT2D eigenvalue weighted by molar-refractivity contribution is 7.99. The van der Waals surface area contributed by atoms with Crippen LogP contribution in [0.25, 0.3) is 0 Å². The number of nitrogens with zero attached hydrogens (tertiary/aromatic N) is 5. The van der Waals surface area contributed by atoms with Gasteiger partial charge in [-0.3, -0.25) is 4.79 Å². The number of para-hydroxylation sites is 1. The van der Waals surface area contributed by atoms with E-state index >= 15 is 0 Å². The van der Waals surface area contributed by atoms with Gasteiger partial charge in [0, 0.05) is 19.8 Å². The Kier molecular flexibility index (Phi) is 7.03. The van der Waals surface area contributed by atoms with Gasteiger partial charge in [-0.15, -0.1) is 10.2 Å². The number of carbonyl (C=O) groups is 1. The Morgan fingerprint density at radius 2 is 1.87 bits per heavy atom. The molecular formula is C19H20F2N8OS. The lowest BCUT2D eigenvalue weighted by atomic mass is 10.2. The maximum absolute atomic E-state index is 13.6. The van der Waals surface area contributed by atoms with E-state index in [0.717, 1.165) is 39.8 Å². The van der Waals surface area contributed by atoms with Crippen LogP contribution in [-0.2, 0) is 4.79 Å². The Bertz CT molecular complexity index is 1060. The van der Waals surface area contributed by atoms with Gasteiger partial charge in [-0.1, -0.05) is 30.0 Å². The van der Waals surface area contributed by atoms with Gasteiger partial charge in [-0.2, -0.15) is 5.10 Å². The predicted octanol–water partition coefficient (Wildman–Crippen LogP) is 2.51. The Balaban J connectivity index is 1.54. The Labute approximate surface area is 181 Å². The summed E-state index contributed by atoms with van der Waals surface area (Å²) >= 11 is 0.952. The highest BCUT2D eigenvalue weighted by Crippen LogP contribution is 2.20. The van der Waals surface area contributed by atoms with Gasteiger partial charge in [0.1, 0.15) is 17.3 Å². The first-order chi connectivity index (χ1) is 14.8. The number of hydrogen-bond acceptors (Lipinski definition) is 8. The highest BCUT2D eigenvalue weighted by atomic mass is 32.2. The van der Waals surface area contributed by atoms with E-state index in [-0.39, 0.29) is 16.9 Å². The summed E-state index contributed by atoms with van der Waals surface area (Å²) in [5.74, 6) is 3.54. The van der Waals surface area contributed by atoms with Crippen molar-refractivity contribution in [2.75, 3.05) is 41.3 Å². The van der Waals surface area contributed by atoms with E-state index in [4.69, 9.17) is 5.84 Å². The van der Waals surface area contributed by atoms with Gasteiger partial charge in [-0.25, -0.2) is 18.9 Å². The molecule has 0 unspecified atom stereocenters. The van der Waals surface area contributed by atoms with Crippen molar-refractivity contribution >= 4 is 41.2 Å². The summed E-state index contributed by atoms with van der Waals surface area (Å²) in [5, 5.41) is 14.2. The van der Waals surface area contributed by atoms with Crippen LogP contribution in [0.4, 0.5) is 26.1 Å². The zero-order valence-electron chi connectivity index (χ0n) is 16.7. The summed E-state index contributed by atoms with van der Waals surface area (Å²) < 4.78 is 28.3. The standard InChI is InChI=1S/C19H20F2N8OS/c1-28(2)13-8-6-12(7-9-13)10-23-25-18-26-27-19(29(18)22)31-11-16(30)24-17-14(20)4-3-5-15(17)21/h3-10H,11,22H2,1-2H3,(H,24,30)(H,25,26)/b23-10+. The third-order valence-corrected chi connectivity index (χ3v) is 4.95. The van der Waals surface area contributed by atoms with Crippen molar-refractivity contribution in [3.63, 3.8) is 0 Å². The lowest BCUT2D eigenvalue weighted by molar-refractivity contribution is -0.113. The second kappa shape index (κ2) is 9.89. The number of aromatic nitrogens is 3. The molecule has 1 heterocycles. The number of anilines is 3. The van der Waals surface area contributed by atoms with E-state index in [1.807, 2.05) is 43.3 Å². The van der Waals surface area contributed by atoms with Gasteiger partial charge in [0.15, 0.2) is 0 Å². The molecule has 0 aliphatic heterocycles. The van der Waals surface area contributed by atoms with Gasteiger partial charge in [-0.05, 0) is 29.8 Å². The Morgan fingerprint density at radius 1 is 1.19 bits per heavy atom. The summed E-state index contributed by atoms with van der Waals surface area (Å²) in [6.07, 6.45) is 1.59. The number of nitrogen functional groups attached to an aromatic ring is 1. The number of rotatable bonds is 8. The summed E-state index contributed by atoms with van der Waals surface area (Å²) in [7, 11) is 3.91. The van der Waals surface area contributed by atoms with Crippen LogP contribution in [0.2, 0.25) is 0 Å². The minimum absolute atomic E-state index is 0.157. The Hall–Kier alpha value is -3.67. The molecule has 162 valence electrons. The maximum atomic E-state index is 13.6. The van der Waals surface area contributed by atoms with Gasteiger partial charge in [0.25, 0.3) is 5.95 Å². The lowest BCUT2D eigenvalue weighted by Crippen LogP contribution is -2.18. The molecule has 0 bridgehead atoms. The monoisotopic (exact) mass is 446 g/mol. The number of halogens is 2. The molecule has 3 aromatic rings. The van der Waals surface area contributed by atoms with E-state index in [1.54, 1.807) is 6.21 Å². The third kappa shape index (κ3) is 5.69. The quantitative estimate of drug-likeness (QED) is 0.211. The van der Waals surface area contributed by atoms with Crippen LogP contribution in [-0.4, -0.2) is 46.8 Å². The van der Waals surface area contributed by atoms with Crippen LogP contribution in [0.5, 0.6) is 0 Å². The molecule has 1 amide bonds. The maximum Gasteiger partial charge on any atom is 0.264 e. The van der Waals surface area contributed by atoms with E-state index in [9.17, 15) is 13.6 Å². The largest absolute Gasteiger partial charge is 0.378 e. The average molecular weight is 446 g/mol. The van der Waals surface area contributed by atoms with Crippen LogP contribution in [0.15, 0.2) is 52.7 Å². The normalized spacial score (nSPS) is 11.0. The fourth-order valence-corrected chi connectivity index (χ4v) is 3.05. The molecule has 3 rings (SSSR count). The second-order valence-electron chi connectivity index (χ2n) is 6.47. The topological polar surface area (TPSA) is 113 Å². The number of hydrazone groups is 1. The first-order valence-electron chi connectivity index (χ1n) is 8.98. The second-order valence-corrected chi connectivity index (χ2v) is 7.41. The number of hydrogen-bond donors (Lipinski definition) is 3. The van der Waals surface area contributed by atoms with Crippen LogP contribution < -0.4 is 21.5 Å². The van der Waals surface area contributed by atoms with Crippen molar-refractivity contribution in [2.24, 2.45) is 5.10 Å². The smallest absolute Gasteiger partial charge is 0.264 e. The van der Waals surface area contributed by atoms with Gasteiger partial charge in [0.05, 0.1) is 12.0 Å². The highest BCUT2D eigenvalue weighted by Gasteiger charge is 2.15. The molecule has 9 nitrogen and oxygen atoms in total. The molecule has 0 fully saturated rings. The van der Waals surface area contributed by atoms with Crippen molar-refractivity contribution in [1.82, 2.24) is 14.9 Å². The van der Waals surface area contributed by atoms with Crippen LogP contribution in [0.3, 0.4) is 0 Å². The van der Waals surface area contributed by atoms with Crippen molar-refractivity contribution in [1.29, 1.82) is 0 Å². The number of thioether (sulfide) groups is 1. The fraction of sp³-hybridized carbons (Fsp3) is 0.158. The van der Waals surface area contributed by atoms with Crippen molar-refractivity contribution in [3.05, 3.63) is 59.7 Å². The van der Waals surface area contributed by atoms with Gasteiger partial charge in [0.2, 0.25) is 11.1 Å². The molecule has 1 aromatic heterocycles. The molecule has 0 aliphatic rings. The molecule has 0 saturated heterocycles. The summed E-state index contributed by atoms with van der Waals surface area (Å²) in [4.78, 5) is 14.0. The molecule has 31 heavy (non-hydrogen) atoms. The molecule has 0 saturated carbocycles. The third-order valence-electron chi connectivity index (χ3n) is 4.01. The van der Waals surface area contributed by atoms with E-state index < -0.39 is 23.2 Å². The first-order valence-corrected chi connectivity index (χ1v) is 9.97. The number of carbonyl (C=O) groups excluding carboxylic acids is 1. The first kappa shape index (κ1) is 22.0. The minimum Gasteiger partial charge on any atom is -0.378 e. The van der Waals surface area contributed by atoms with Crippen molar-refractivity contribution in [3.8, 4) is 0 Å². The summed E-state index contributed by atoms with van der Waals surface area (Å²) in [6.45, 7) is 0. The van der Waals surface area contributed by atoms with Crippen LogP contribution in [0.1, 0.15) is 5.56 Å². The van der Waals surface area contributed by atoms with Crippen molar-refractivity contribution < 1.29 is 13.6 Å². The number of nitrogens with two attached hydrogens (primary N) is 1. The molecular weight excluding hydrogens is 426 g/mol. The van der Waals surface area contributed by atoms with Crippen LogP contribution >= 0.6 is 11.8 Å². The molecule has 2 aromatic carbocycles. The predicted molar refractivity (Wildman–Crippen MR) is 118 cm³/mol. The van der Waals surface area contributed by atoms with E-state index in [0.29, 0.717) is 0 Å². The molecule has 0 radical (unpaired) electrons. The van der Waals surface area contributed by atoms with Gasteiger partial charge < -0.3 is 16.1 Å². The summed E-state index contributed by atoms with van der Waals surface area (Å²) in [6, 6.07) is 11.0. The molecule has 0 spiro atoms. The summed E-state index contributed by atoms with van der Waals surface area (Å²) in [5.41, 5.74) is 4.10. The van der Waals surface area contributed by atoms with E-state index in [2.05, 4.69) is 26.0 Å². The Morgan fingerprint density at radius 3 is 2.52 bits per heavy atom. The SMILES string of the molecule is CN(C)c1ccc(/C=N/Nc2nnc(SCC(=O)Nc3c(F)cccc3F)n2N)cc1. The molecule has 4 N–H and O–H groups in total. The number of benzene rings is 2. The lowest BCUT2D eigenvalue weighted by Gasteiger charge is -2.11. The number of nitrogens with one attached hydrogen (secondary N) is 2. The average Bonchev–Trinajstić information content (AvgIpc) is 3.09. The zero-order valence-corrected chi connectivity index (χ0v) is 17.5. The molecule has 0 atom stereocenters.